The molecular weight excluding hydrogens is 474 g/mol. The fraction of sp³-hybridized carbons (Fsp3) is 0.259. The number of rotatable bonds is 6. The summed E-state index contributed by atoms with van der Waals surface area (Å²) in [5, 5.41) is 10.9. The highest BCUT2D eigenvalue weighted by atomic mass is 16.7. The van der Waals surface area contributed by atoms with Crippen molar-refractivity contribution in [2.24, 2.45) is 0 Å². The topological polar surface area (TPSA) is 102 Å². The molecule has 1 fully saturated rings. The van der Waals surface area contributed by atoms with Crippen LogP contribution in [-0.4, -0.2) is 58.1 Å². The second-order valence-corrected chi connectivity index (χ2v) is 9.12. The van der Waals surface area contributed by atoms with E-state index >= 15 is 0 Å². The van der Waals surface area contributed by atoms with Gasteiger partial charge in [0.05, 0.1) is 10.6 Å². The van der Waals surface area contributed by atoms with E-state index < -0.39 is 4.92 Å². The number of pyridine rings is 1. The van der Waals surface area contributed by atoms with Gasteiger partial charge in [-0.25, -0.2) is 4.98 Å². The van der Waals surface area contributed by atoms with E-state index in [-0.39, 0.29) is 24.3 Å². The number of nitro groups is 1. The van der Waals surface area contributed by atoms with Crippen molar-refractivity contribution in [2.45, 2.75) is 12.3 Å². The summed E-state index contributed by atoms with van der Waals surface area (Å²) >= 11 is 0. The summed E-state index contributed by atoms with van der Waals surface area (Å²) in [5.41, 5.74) is 3.72. The van der Waals surface area contributed by atoms with E-state index in [9.17, 15) is 14.9 Å². The number of non-ortho nitro benzene ring substituents is 1. The SMILES string of the molecule is O=C(CC(c1ccc2c(c1)OCO2)c1cnc2ccccn12)N1CCN(c2ccc([N+](=O)[O-])cc2)CC1. The van der Waals surface area contributed by atoms with E-state index in [4.69, 9.17) is 9.47 Å². The third kappa shape index (κ3) is 4.42. The maximum absolute atomic E-state index is 13.6. The lowest BCUT2D eigenvalue weighted by Crippen LogP contribution is -2.49. The molecular formula is C27H25N5O5. The molecule has 1 unspecified atom stereocenters. The summed E-state index contributed by atoms with van der Waals surface area (Å²) in [6.07, 6.45) is 4.09. The molecule has 2 aromatic heterocycles. The summed E-state index contributed by atoms with van der Waals surface area (Å²) in [6.45, 7) is 2.67. The van der Waals surface area contributed by atoms with Gasteiger partial charge in [0, 0.05) is 68.7 Å². The Morgan fingerprint density at radius 1 is 1.00 bits per heavy atom. The molecule has 0 N–H and O–H groups in total. The molecule has 37 heavy (non-hydrogen) atoms. The van der Waals surface area contributed by atoms with Gasteiger partial charge in [0.1, 0.15) is 5.65 Å². The highest BCUT2D eigenvalue weighted by Crippen LogP contribution is 2.38. The summed E-state index contributed by atoms with van der Waals surface area (Å²) in [6, 6.07) is 18.2. The summed E-state index contributed by atoms with van der Waals surface area (Å²) in [7, 11) is 0. The number of carbonyl (C=O) groups excluding carboxylic acids is 1. The Balaban J connectivity index is 1.21. The van der Waals surface area contributed by atoms with Crippen molar-refractivity contribution in [1.29, 1.82) is 0 Å². The fourth-order valence-electron chi connectivity index (χ4n) is 5.04. The van der Waals surface area contributed by atoms with Crippen LogP contribution in [0.1, 0.15) is 23.6 Å². The lowest BCUT2D eigenvalue weighted by molar-refractivity contribution is -0.384. The summed E-state index contributed by atoms with van der Waals surface area (Å²) < 4.78 is 13.1. The summed E-state index contributed by atoms with van der Waals surface area (Å²) in [4.78, 5) is 32.7. The molecule has 2 aliphatic rings. The molecule has 4 heterocycles. The van der Waals surface area contributed by atoms with Crippen molar-refractivity contribution in [2.75, 3.05) is 37.9 Å². The lowest BCUT2D eigenvalue weighted by atomic mass is 9.91. The molecule has 1 amide bonds. The Morgan fingerprint density at radius 3 is 2.57 bits per heavy atom. The van der Waals surface area contributed by atoms with Gasteiger partial charge in [-0.05, 0) is 42.0 Å². The quantitative estimate of drug-likeness (QED) is 0.293. The molecule has 0 aliphatic carbocycles. The molecule has 0 bridgehead atoms. The first kappa shape index (κ1) is 22.8. The zero-order chi connectivity index (χ0) is 25.4. The zero-order valence-electron chi connectivity index (χ0n) is 20.0. The molecule has 2 aromatic carbocycles. The lowest BCUT2D eigenvalue weighted by Gasteiger charge is -2.36. The van der Waals surface area contributed by atoms with Gasteiger partial charge >= 0.3 is 0 Å². The van der Waals surface area contributed by atoms with Crippen molar-refractivity contribution >= 4 is 22.9 Å². The number of imidazole rings is 1. The first-order valence-electron chi connectivity index (χ1n) is 12.2. The van der Waals surface area contributed by atoms with Crippen LogP contribution in [0.25, 0.3) is 5.65 Å². The van der Waals surface area contributed by atoms with E-state index in [0.717, 1.165) is 22.6 Å². The zero-order valence-corrected chi connectivity index (χ0v) is 20.0. The number of ether oxygens (including phenoxy) is 2. The Hall–Kier alpha value is -4.60. The summed E-state index contributed by atoms with van der Waals surface area (Å²) in [5.74, 6) is 1.24. The molecule has 0 saturated carbocycles. The van der Waals surface area contributed by atoms with Gasteiger partial charge in [-0.3, -0.25) is 14.9 Å². The number of benzene rings is 2. The van der Waals surface area contributed by atoms with E-state index in [1.54, 1.807) is 12.1 Å². The van der Waals surface area contributed by atoms with Gasteiger partial charge in [0.2, 0.25) is 12.7 Å². The first-order chi connectivity index (χ1) is 18.1. The van der Waals surface area contributed by atoms with Gasteiger partial charge in [-0.1, -0.05) is 12.1 Å². The van der Waals surface area contributed by atoms with Crippen LogP contribution in [0.15, 0.2) is 73.1 Å². The number of aromatic nitrogens is 2. The molecule has 10 nitrogen and oxygen atoms in total. The molecule has 2 aliphatic heterocycles. The highest BCUT2D eigenvalue weighted by Gasteiger charge is 2.28. The van der Waals surface area contributed by atoms with Crippen molar-refractivity contribution in [1.82, 2.24) is 14.3 Å². The van der Waals surface area contributed by atoms with Crippen LogP contribution in [0.5, 0.6) is 11.5 Å². The molecule has 6 rings (SSSR count). The standard InChI is InChI=1S/C27H25N5O5/c33-27(30-13-11-29(12-14-30)20-5-7-21(8-6-20)32(34)35)16-22(19-4-9-24-25(15-19)37-18-36-24)23-17-28-26-3-1-2-10-31(23)26/h1-10,15,17,22H,11-14,16,18H2. The van der Waals surface area contributed by atoms with Crippen LogP contribution in [-0.2, 0) is 4.79 Å². The predicted octanol–water partition coefficient (Wildman–Crippen LogP) is 3.84. The maximum atomic E-state index is 13.6. The average Bonchev–Trinajstić information content (AvgIpc) is 3.58. The van der Waals surface area contributed by atoms with Crippen LogP contribution in [0.4, 0.5) is 11.4 Å². The van der Waals surface area contributed by atoms with E-state index in [1.807, 2.05) is 58.1 Å². The average molecular weight is 500 g/mol. The molecule has 4 aromatic rings. The second-order valence-electron chi connectivity index (χ2n) is 9.12. The van der Waals surface area contributed by atoms with Crippen molar-refractivity contribution in [3.63, 3.8) is 0 Å². The smallest absolute Gasteiger partial charge is 0.269 e. The minimum atomic E-state index is -0.402. The van der Waals surface area contributed by atoms with Crippen molar-refractivity contribution in [3.05, 3.63) is 94.4 Å². The number of hydrogen-bond donors (Lipinski definition) is 0. The van der Waals surface area contributed by atoms with Crippen LogP contribution in [0.2, 0.25) is 0 Å². The van der Waals surface area contributed by atoms with Crippen LogP contribution >= 0.6 is 0 Å². The van der Waals surface area contributed by atoms with Gasteiger partial charge in [-0.2, -0.15) is 0 Å². The Kier molecular flexibility index (Phi) is 5.84. The monoisotopic (exact) mass is 499 g/mol. The highest BCUT2D eigenvalue weighted by molar-refractivity contribution is 5.78. The number of fused-ring (bicyclic) bond motifs is 2. The molecule has 0 spiro atoms. The third-order valence-corrected chi connectivity index (χ3v) is 7.04. The number of hydrogen-bond acceptors (Lipinski definition) is 7. The van der Waals surface area contributed by atoms with E-state index in [2.05, 4.69) is 9.88 Å². The van der Waals surface area contributed by atoms with Crippen LogP contribution < -0.4 is 14.4 Å². The predicted molar refractivity (Wildman–Crippen MR) is 136 cm³/mol. The minimum Gasteiger partial charge on any atom is -0.454 e. The molecule has 0 radical (unpaired) electrons. The second kappa shape index (κ2) is 9.45. The largest absolute Gasteiger partial charge is 0.454 e. The van der Waals surface area contributed by atoms with Gasteiger partial charge in [-0.15, -0.1) is 0 Å². The van der Waals surface area contributed by atoms with Crippen molar-refractivity contribution in [3.8, 4) is 11.5 Å². The molecule has 1 saturated heterocycles. The maximum Gasteiger partial charge on any atom is 0.269 e. The number of amides is 1. The Bertz CT molecular complexity index is 1460. The first-order valence-corrected chi connectivity index (χ1v) is 12.2. The van der Waals surface area contributed by atoms with Gasteiger partial charge < -0.3 is 23.7 Å². The molecule has 188 valence electrons. The normalized spacial score (nSPS) is 15.7. The van der Waals surface area contributed by atoms with Gasteiger partial charge in [0.25, 0.3) is 5.69 Å². The minimum absolute atomic E-state index is 0.0666. The number of carbonyl (C=O) groups is 1. The van der Waals surface area contributed by atoms with Crippen LogP contribution in [0.3, 0.4) is 0 Å². The molecule has 1 atom stereocenters. The van der Waals surface area contributed by atoms with Crippen molar-refractivity contribution < 1.29 is 19.2 Å². The van der Waals surface area contributed by atoms with E-state index in [1.165, 1.54) is 12.1 Å². The Morgan fingerprint density at radius 2 is 1.78 bits per heavy atom. The molecule has 10 heteroatoms. The fourth-order valence-corrected chi connectivity index (χ4v) is 5.04. The van der Waals surface area contributed by atoms with Crippen LogP contribution in [0, 0.1) is 10.1 Å². The number of nitrogens with zero attached hydrogens (tertiary/aromatic N) is 5. The Labute approximate surface area is 212 Å². The number of piperazine rings is 1. The number of anilines is 1. The van der Waals surface area contributed by atoms with Gasteiger partial charge in [0.15, 0.2) is 11.5 Å². The van der Waals surface area contributed by atoms with E-state index in [0.29, 0.717) is 44.1 Å². The number of nitro benzene ring substituents is 1. The third-order valence-electron chi connectivity index (χ3n) is 7.04.